The van der Waals surface area contributed by atoms with Crippen LogP contribution in [0.5, 0.6) is 0 Å². The Labute approximate surface area is 182 Å². The highest BCUT2D eigenvalue weighted by molar-refractivity contribution is 6.74. The molecule has 0 radical (unpaired) electrons. The lowest BCUT2D eigenvalue weighted by Gasteiger charge is -2.41. The zero-order chi connectivity index (χ0) is 21.6. The van der Waals surface area contributed by atoms with Gasteiger partial charge in [0.25, 0.3) is 0 Å². The molecule has 1 saturated heterocycles. The number of hydrogen-bond acceptors (Lipinski definition) is 4. The van der Waals surface area contributed by atoms with E-state index >= 15 is 0 Å². The lowest BCUT2D eigenvalue weighted by Crippen LogP contribution is -2.50. The van der Waals surface area contributed by atoms with Crippen molar-refractivity contribution in [2.45, 2.75) is 70.4 Å². The zero-order valence-electron chi connectivity index (χ0n) is 19.0. The van der Waals surface area contributed by atoms with Crippen LogP contribution in [-0.4, -0.2) is 39.8 Å². The molecule has 0 amide bonds. The van der Waals surface area contributed by atoms with Crippen molar-refractivity contribution in [2.75, 3.05) is 13.2 Å². The number of hydrogen-bond donors (Lipinski definition) is 0. The minimum atomic E-state index is -2.00. The van der Waals surface area contributed by atoms with Gasteiger partial charge in [-0.1, -0.05) is 81.4 Å². The molecule has 0 N–H and O–H groups in total. The molecule has 0 aliphatic carbocycles. The third kappa shape index (κ3) is 6.76. The maximum atomic E-state index is 6.80. The summed E-state index contributed by atoms with van der Waals surface area (Å²) in [5.41, 5.74) is 2.31. The molecule has 1 aliphatic rings. The average Bonchev–Trinajstić information content (AvgIpc) is 3.54. The van der Waals surface area contributed by atoms with Gasteiger partial charge in [-0.05, 0) is 29.3 Å². The molecule has 1 fully saturated rings. The Morgan fingerprint density at radius 2 is 1.47 bits per heavy atom. The fourth-order valence-electron chi connectivity index (χ4n) is 3.08. The largest absolute Gasteiger partial charge is 0.409 e. The van der Waals surface area contributed by atoms with Gasteiger partial charge >= 0.3 is 0 Å². The fraction of sp³-hybridized carbons (Fsp3) is 0.520. The molecular weight excluding hydrogens is 392 g/mol. The van der Waals surface area contributed by atoms with E-state index in [-0.39, 0.29) is 23.4 Å². The monoisotopic (exact) mass is 428 g/mol. The van der Waals surface area contributed by atoms with Crippen LogP contribution >= 0.6 is 0 Å². The normalized spacial score (nSPS) is 18.8. The number of epoxide rings is 1. The minimum Gasteiger partial charge on any atom is -0.409 e. The van der Waals surface area contributed by atoms with Gasteiger partial charge in [0, 0.05) is 0 Å². The van der Waals surface area contributed by atoms with Crippen LogP contribution in [0.15, 0.2) is 60.7 Å². The Kier molecular flexibility index (Phi) is 7.88. The van der Waals surface area contributed by atoms with Crippen LogP contribution in [0.25, 0.3) is 0 Å². The zero-order valence-corrected chi connectivity index (χ0v) is 20.0. The third-order valence-corrected chi connectivity index (χ3v) is 10.5. The predicted molar refractivity (Wildman–Crippen MR) is 123 cm³/mol. The van der Waals surface area contributed by atoms with Crippen molar-refractivity contribution < 1.29 is 18.6 Å². The first-order valence-electron chi connectivity index (χ1n) is 10.8. The summed E-state index contributed by atoms with van der Waals surface area (Å²) >= 11 is 0. The molecule has 164 valence electrons. The maximum absolute atomic E-state index is 6.80. The molecule has 0 spiro atoms. The lowest BCUT2D eigenvalue weighted by atomic mass is 10.1. The van der Waals surface area contributed by atoms with E-state index in [1.807, 2.05) is 36.4 Å². The summed E-state index contributed by atoms with van der Waals surface area (Å²) in [6.45, 7) is 13.6. The van der Waals surface area contributed by atoms with Crippen LogP contribution in [0, 0.1) is 0 Å². The number of rotatable bonds is 11. The minimum absolute atomic E-state index is 0.0730. The summed E-state index contributed by atoms with van der Waals surface area (Å²) in [4.78, 5) is 0. The van der Waals surface area contributed by atoms with Gasteiger partial charge in [-0.2, -0.15) is 0 Å². The van der Waals surface area contributed by atoms with E-state index in [4.69, 9.17) is 18.6 Å². The van der Waals surface area contributed by atoms with Gasteiger partial charge in [-0.25, -0.2) is 0 Å². The smallest absolute Gasteiger partial charge is 0.192 e. The molecule has 0 saturated carbocycles. The molecular formula is C25H36O4Si. The van der Waals surface area contributed by atoms with E-state index in [0.29, 0.717) is 19.8 Å². The molecule has 3 atom stereocenters. The molecule has 0 aromatic heterocycles. The second-order valence-electron chi connectivity index (χ2n) is 9.55. The Hall–Kier alpha value is -1.50. The Balaban J connectivity index is 1.69. The summed E-state index contributed by atoms with van der Waals surface area (Å²) in [7, 11) is -2.00. The van der Waals surface area contributed by atoms with E-state index in [2.05, 4.69) is 58.1 Å². The van der Waals surface area contributed by atoms with E-state index in [0.717, 1.165) is 17.7 Å². The van der Waals surface area contributed by atoms with Gasteiger partial charge in [-0.15, -0.1) is 0 Å². The molecule has 2 aromatic rings. The van der Waals surface area contributed by atoms with E-state index in [1.54, 1.807) is 0 Å². The van der Waals surface area contributed by atoms with Crippen LogP contribution in [0.3, 0.4) is 0 Å². The van der Waals surface area contributed by atoms with Gasteiger partial charge in [0.15, 0.2) is 8.32 Å². The van der Waals surface area contributed by atoms with Crippen LogP contribution in [-0.2, 0) is 31.9 Å². The van der Waals surface area contributed by atoms with Crippen LogP contribution in [0.1, 0.15) is 31.9 Å². The Morgan fingerprint density at radius 3 is 1.97 bits per heavy atom. The quantitative estimate of drug-likeness (QED) is 0.346. The number of benzene rings is 2. The van der Waals surface area contributed by atoms with Gasteiger partial charge < -0.3 is 18.6 Å². The molecule has 2 aromatic carbocycles. The molecule has 0 unspecified atom stereocenters. The van der Waals surface area contributed by atoms with Gasteiger partial charge in [0.05, 0.1) is 32.5 Å². The lowest BCUT2D eigenvalue weighted by molar-refractivity contribution is -0.0840. The van der Waals surface area contributed by atoms with Gasteiger partial charge in [0.2, 0.25) is 0 Å². The second kappa shape index (κ2) is 10.2. The fourth-order valence-corrected chi connectivity index (χ4v) is 4.40. The molecule has 30 heavy (non-hydrogen) atoms. The highest BCUT2D eigenvalue weighted by Gasteiger charge is 2.45. The molecule has 3 rings (SSSR count). The molecule has 4 nitrogen and oxygen atoms in total. The first-order chi connectivity index (χ1) is 14.3. The third-order valence-electron chi connectivity index (χ3n) is 6.02. The van der Waals surface area contributed by atoms with Crippen LogP contribution < -0.4 is 0 Å². The summed E-state index contributed by atoms with van der Waals surface area (Å²) in [6.07, 6.45) is -0.232. The number of ether oxygens (including phenoxy) is 3. The molecule has 1 heterocycles. The summed E-state index contributed by atoms with van der Waals surface area (Å²) in [5.74, 6) is 0. The molecule has 1 aliphatic heterocycles. The van der Waals surface area contributed by atoms with Crippen LogP contribution in [0.2, 0.25) is 18.1 Å². The summed E-state index contributed by atoms with van der Waals surface area (Å²) in [6, 6.07) is 20.5. The maximum Gasteiger partial charge on any atom is 0.192 e. The topological polar surface area (TPSA) is 40.2 Å². The first-order valence-corrected chi connectivity index (χ1v) is 13.7. The Morgan fingerprint density at radius 1 is 0.933 bits per heavy atom. The van der Waals surface area contributed by atoms with Crippen molar-refractivity contribution in [2.24, 2.45) is 0 Å². The Bertz CT molecular complexity index is 754. The van der Waals surface area contributed by atoms with Crippen molar-refractivity contribution in [3.05, 3.63) is 71.8 Å². The second-order valence-corrected chi connectivity index (χ2v) is 14.3. The highest BCUT2D eigenvalue weighted by atomic mass is 28.4. The average molecular weight is 429 g/mol. The predicted octanol–water partition coefficient (Wildman–Crippen LogP) is 5.58. The molecule has 5 heteroatoms. The van der Waals surface area contributed by atoms with Crippen LogP contribution in [0.4, 0.5) is 0 Å². The first kappa shape index (κ1) is 23.2. The van der Waals surface area contributed by atoms with Gasteiger partial charge in [0.1, 0.15) is 12.2 Å². The van der Waals surface area contributed by atoms with E-state index in [1.165, 1.54) is 0 Å². The van der Waals surface area contributed by atoms with Crippen molar-refractivity contribution in [3.8, 4) is 0 Å². The highest BCUT2D eigenvalue weighted by Crippen LogP contribution is 2.38. The van der Waals surface area contributed by atoms with Crippen molar-refractivity contribution in [1.29, 1.82) is 0 Å². The van der Waals surface area contributed by atoms with Crippen molar-refractivity contribution >= 4 is 8.32 Å². The standard InChI is InChI=1S/C25H36O4Si/c1-25(2,3)30(4,5)29-23(18-26-16-20-12-8-6-9-13-20)24(22-19-27-22)28-17-21-14-10-7-11-15-21/h6-15,22-24H,16-19H2,1-5H3/t22-,23-,24-/m1/s1. The molecule has 0 bridgehead atoms. The summed E-state index contributed by atoms with van der Waals surface area (Å²) < 4.78 is 24.9. The van der Waals surface area contributed by atoms with E-state index < -0.39 is 8.32 Å². The van der Waals surface area contributed by atoms with E-state index in [9.17, 15) is 0 Å². The van der Waals surface area contributed by atoms with Crippen molar-refractivity contribution in [3.63, 3.8) is 0 Å². The SMILES string of the molecule is CC(C)(C)[Si](C)(C)O[C@H](COCc1ccccc1)[C@H](OCc1ccccc1)[C@H]1CO1. The van der Waals surface area contributed by atoms with Gasteiger partial charge in [-0.3, -0.25) is 0 Å². The summed E-state index contributed by atoms with van der Waals surface area (Å²) in [5, 5.41) is 0.110. The van der Waals surface area contributed by atoms with Crippen molar-refractivity contribution in [1.82, 2.24) is 0 Å².